The Kier molecular flexibility index (Phi) is 5.87. The first-order valence-electron chi connectivity index (χ1n) is 5.76. The number of methoxy groups -OCH3 is 1. The maximum atomic E-state index is 12.1. The van der Waals surface area contributed by atoms with Crippen molar-refractivity contribution in [2.75, 3.05) is 33.9 Å². The second kappa shape index (κ2) is 7.42. The van der Waals surface area contributed by atoms with Gasteiger partial charge in [-0.15, -0.1) is 0 Å². The fourth-order valence-electron chi connectivity index (χ4n) is 1.57. The third-order valence-corrected chi connectivity index (χ3v) is 2.49. The Morgan fingerprint density at radius 1 is 1.47 bits per heavy atom. The lowest BCUT2D eigenvalue weighted by Gasteiger charge is -2.26. The molecule has 2 amide bonds. The molecule has 0 unspecified atom stereocenters. The van der Waals surface area contributed by atoms with E-state index in [4.69, 9.17) is 14.3 Å². The molecule has 0 spiro atoms. The number of rotatable bonds is 7. The minimum atomic E-state index is -1.05. The highest BCUT2D eigenvalue weighted by molar-refractivity contribution is 5.80. The molecular formula is C12H18N2O5. The van der Waals surface area contributed by atoms with Crippen LogP contribution in [0.5, 0.6) is 0 Å². The molecule has 0 aliphatic rings. The summed E-state index contributed by atoms with van der Waals surface area (Å²) in [6.45, 7) is 0.534. The van der Waals surface area contributed by atoms with Crippen molar-refractivity contribution in [1.29, 1.82) is 0 Å². The van der Waals surface area contributed by atoms with E-state index in [1.54, 1.807) is 19.4 Å². The van der Waals surface area contributed by atoms with Crippen LogP contribution in [0.4, 0.5) is 4.79 Å². The Balaban J connectivity index is 2.60. The summed E-state index contributed by atoms with van der Waals surface area (Å²) in [5, 5.41) is 8.80. The van der Waals surface area contributed by atoms with Crippen molar-refractivity contribution in [3.63, 3.8) is 0 Å². The van der Waals surface area contributed by atoms with Crippen molar-refractivity contribution < 1.29 is 23.8 Å². The second-order valence-electron chi connectivity index (χ2n) is 4.08. The quantitative estimate of drug-likeness (QED) is 0.794. The molecule has 1 aromatic rings. The lowest BCUT2D eigenvalue weighted by atomic mass is 10.3. The van der Waals surface area contributed by atoms with Crippen LogP contribution in [0.25, 0.3) is 0 Å². The van der Waals surface area contributed by atoms with Gasteiger partial charge in [0.15, 0.2) is 0 Å². The van der Waals surface area contributed by atoms with Crippen LogP contribution in [0.1, 0.15) is 5.56 Å². The van der Waals surface area contributed by atoms with Gasteiger partial charge in [0.1, 0.15) is 6.54 Å². The second-order valence-corrected chi connectivity index (χ2v) is 4.08. The van der Waals surface area contributed by atoms with Crippen LogP contribution in [-0.4, -0.2) is 60.8 Å². The molecule has 0 fully saturated rings. The summed E-state index contributed by atoms with van der Waals surface area (Å²) >= 11 is 0. The van der Waals surface area contributed by atoms with Crippen molar-refractivity contribution in [2.45, 2.75) is 6.54 Å². The Morgan fingerprint density at radius 3 is 2.74 bits per heavy atom. The number of carbonyl (C=O) groups is 2. The number of aliphatic carboxylic acids is 1. The first-order chi connectivity index (χ1) is 9.04. The maximum absolute atomic E-state index is 12.1. The molecule has 1 rings (SSSR count). The summed E-state index contributed by atoms with van der Waals surface area (Å²) in [6, 6.07) is 1.39. The van der Waals surface area contributed by atoms with Crippen LogP contribution in [0.3, 0.4) is 0 Å². The molecule has 0 atom stereocenters. The van der Waals surface area contributed by atoms with E-state index in [2.05, 4.69) is 0 Å². The van der Waals surface area contributed by atoms with Gasteiger partial charge in [-0.1, -0.05) is 0 Å². The fraction of sp³-hybridized carbons (Fsp3) is 0.500. The van der Waals surface area contributed by atoms with Crippen LogP contribution in [-0.2, 0) is 16.1 Å². The number of amides is 2. The van der Waals surface area contributed by atoms with E-state index in [1.165, 1.54) is 23.2 Å². The number of carboxylic acids is 1. The van der Waals surface area contributed by atoms with Crippen LogP contribution >= 0.6 is 0 Å². The molecule has 0 aromatic carbocycles. The van der Waals surface area contributed by atoms with E-state index in [1.807, 2.05) is 0 Å². The highest BCUT2D eigenvalue weighted by Gasteiger charge is 2.20. The molecule has 0 radical (unpaired) electrons. The van der Waals surface area contributed by atoms with E-state index >= 15 is 0 Å². The van der Waals surface area contributed by atoms with Gasteiger partial charge in [0.25, 0.3) is 0 Å². The number of ether oxygens (including phenoxy) is 1. The Labute approximate surface area is 111 Å². The van der Waals surface area contributed by atoms with Gasteiger partial charge >= 0.3 is 12.0 Å². The molecule has 0 saturated heterocycles. The zero-order chi connectivity index (χ0) is 14.3. The number of furan rings is 1. The van der Waals surface area contributed by atoms with Crippen LogP contribution < -0.4 is 0 Å². The maximum Gasteiger partial charge on any atom is 0.323 e. The third kappa shape index (κ3) is 5.01. The van der Waals surface area contributed by atoms with E-state index in [0.29, 0.717) is 13.2 Å². The van der Waals surface area contributed by atoms with Gasteiger partial charge in [-0.05, 0) is 6.07 Å². The summed E-state index contributed by atoms with van der Waals surface area (Å²) < 4.78 is 9.79. The molecule has 0 aliphatic carbocycles. The number of nitrogens with zero attached hydrogens (tertiary/aromatic N) is 2. The van der Waals surface area contributed by atoms with E-state index in [-0.39, 0.29) is 19.1 Å². The summed E-state index contributed by atoms with van der Waals surface area (Å²) in [4.78, 5) is 25.5. The number of urea groups is 1. The monoisotopic (exact) mass is 270 g/mol. The van der Waals surface area contributed by atoms with Crippen LogP contribution in [0.15, 0.2) is 23.0 Å². The molecule has 7 heteroatoms. The van der Waals surface area contributed by atoms with Crippen molar-refractivity contribution in [3.05, 3.63) is 24.2 Å². The van der Waals surface area contributed by atoms with Crippen molar-refractivity contribution in [1.82, 2.24) is 9.80 Å². The predicted molar refractivity (Wildman–Crippen MR) is 66.7 cm³/mol. The average molecular weight is 270 g/mol. The zero-order valence-electron chi connectivity index (χ0n) is 11.0. The Hall–Kier alpha value is -2.02. The summed E-state index contributed by atoms with van der Waals surface area (Å²) in [7, 11) is 3.11. The van der Waals surface area contributed by atoms with Gasteiger partial charge in [0, 0.05) is 26.3 Å². The summed E-state index contributed by atoms with van der Waals surface area (Å²) in [6.07, 6.45) is 3.06. The normalized spacial score (nSPS) is 10.2. The Morgan fingerprint density at radius 2 is 2.21 bits per heavy atom. The van der Waals surface area contributed by atoms with Crippen LogP contribution in [0, 0.1) is 0 Å². The minimum absolute atomic E-state index is 0.233. The molecule has 19 heavy (non-hydrogen) atoms. The van der Waals surface area contributed by atoms with Crippen molar-refractivity contribution in [2.24, 2.45) is 0 Å². The molecule has 7 nitrogen and oxygen atoms in total. The molecule has 0 bridgehead atoms. The largest absolute Gasteiger partial charge is 0.480 e. The first-order valence-corrected chi connectivity index (χ1v) is 5.76. The predicted octanol–water partition coefficient (Wildman–Crippen LogP) is 0.864. The number of carboxylic acid groups (broad SMARTS) is 1. The highest BCUT2D eigenvalue weighted by Crippen LogP contribution is 2.06. The number of carbonyl (C=O) groups excluding carboxylic acids is 1. The van der Waals surface area contributed by atoms with Gasteiger partial charge in [-0.25, -0.2) is 4.79 Å². The minimum Gasteiger partial charge on any atom is -0.480 e. The van der Waals surface area contributed by atoms with Crippen molar-refractivity contribution >= 4 is 12.0 Å². The molecule has 1 N–H and O–H groups in total. The zero-order valence-corrected chi connectivity index (χ0v) is 11.0. The molecule has 106 valence electrons. The van der Waals surface area contributed by atoms with E-state index in [0.717, 1.165) is 5.56 Å². The highest BCUT2D eigenvalue weighted by atomic mass is 16.5. The molecule has 1 aromatic heterocycles. The third-order valence-electron chi connectivity index (χ3n) is 2.49. The topological polar surface area (TPSA) is 83.2 Å². The van der Waals surface area contributed by atoms with E-state index in [9.17, 15) is 9.59 Å². The lowest BCUT2D eigenvalue weighted by Crippen LogP contribution is -2.44. The fourth-order valence-corrected chi connectivity index (χ4v) is 1.57. The lowest BCUT2D eigenvalue weighted by molar-refractivity contribution is -0.137. The van der Waals surface area contributed by atoms with E-state index < -0.39 is 5.97 Å². The molecule has 1 heterocycles. The van der Waals surface area contributed by atoms with Gasteiger partial charge in [-0.3, -0.25) is 4.79 Å². The summed E-state index contributed by atoms with van der Waals surface area (Å²) in [5.74, 6) is -1.05. The SMILES string of the molecule is COCCN(CC(=O)O)C(=O)N(C)Cc1ccoc1. The van der Waals surface area contributed by atoms with Gasteiger partial charge in [0.2, 0.25) is 0 Å². The first kappa shape index (κ1) is 15.0. The molecular weight excluding hydrogens is 252 g/mol. The summed E-state index contributed by atoms with van der Waals surface area (Å²) in [5.41, 5.74) is 0.845. The van der Waals surface area contributed by atoms with Gasteiger partial charge in [0.05, 0.1) is 25.7 Å². The van der Waals surface area contributed by atoms with Crippen LogP contribution in [0.2, 0.25) is 0 Å². The van der Waals surface area contributed by atoms with Crippen molar-refractivity contribution in [3.8, 4) is 0 Å². The average Bonchev–Trinajstić information content (AvgIpc) is 2.85. The van der Waals surface area contributed by atoms with Gasteiger partial charge in [-0.2, -0.15) is 0 Å². The smallest absolute Gasteiger partial charge is 0.323 e. The molecule has 0 saturated carbocycles. The number of hydrogen-bond acceptors (Lipinski definition) is 4. The standard InChI is InChI=1S/C12H18N2O5/c1-13(7-10-3-5-19-9-10)12(17)14(4-6-18-2)8-11(15)16/h3,5,9H,4,6-8H2,1-2H3,(H,15,16). The van der Waals surface area contributed by atoms with Gasteiger partial charge < -0.3 is 24.1 Å². The Bertz CT molecular complexity index is 404. The number of hydrogen-bond donors (Lipinski definition) is 1. The molecule has 0 aliphatic heterocycles.